The molecule has 7 heteroatoms. The Kier molecular flexibility index (Phi) is 18.0. The maximum absolute atomic E-state index is 10.6. The summed E-state index contributed by atoms with van der Waals surface area (Å²) < 4.78 is 28.5. The molecule has 0 radical (unpaired) electrons. The highest BCUT2D eigenvalue weighted by Crippen LogP contribution is 2.37. The molecule has 0 saturated heterocycles. The van der Waals surface area contributed by atoms with Crippen LogP contribution in [0.2, 0.25) is 18.1 Å². The lowest BCUT2D eigenvalue weighted by atomic mass is 9.93. The highest BCUT2D eigenvalue weighted by molar-refractivity contribution is 6.74. The Morgan fingerprint density at radius 1 is 0.912 bits per heavy atom. The average Bonchev–Trinajstić information content (AvgIpc) is 2.76. The Hall–Kier alpha value is -0.833. The fraction of sp³-hybridized carbons (Fsp3) is 0.815. The predicted octanol–water partition coefficient (Wildman–Crippen LogP) is 6.67. The number of hydrogen-bond donors (Lipinski definition) is 0. The molecule has 0 aliphatic rings. The average molecular weight is 501 g/mol. The molecular formula is C27H52O6Si. The number of hydrogen-bond acceptors (Lipinski definition) is 6. The van der Waals surface area contributed by atoms with Crippen LogP contribution in [-0.4, -0.2) is 61.7 Å². The minimum Gasteiger partial charge on any atom is -0.417 e. The van der Waals surface area contributed by atoms with Gasteiger partial charge in [0.15, 0.2) is 8.32 Å². The lowest BCUT2D eigenvalue weighted by Crippen LogP contribution is -2.41. The van der Waals surface area contributed by atoms with Crippen molar-refractivity contribution in [1.82, 2.24) is 0 Å². The third-order valence-corrected chi connectivity index (χ3v) is 11.1. The zero-order chi connectivity index (χ0) is 26.0. The highest BCUT2D eigenvalue weighted by Gasteiger charge is 2.37. The van der Waals surface area contributed by atoms with Gasteiger partial charge in [-0.3, -0.25) is 0 Å². The van der Waals surface area contributed by atoms with Gasteiger partial charge in [0.05, 0.1) is 6.10 Å². The fourth-order valence-electron chi connectivity index (χ4n) is 3.30. The predicted molar refractivity (Wildman–Crippen MR) is 142 cm³/mol. The van der Waals surface area contributed by atoms with Gasteiger partial charge in [-0.05, 0) is 70.0 Å². The molecule has 200 valence electrons. The van der Waals surface area contributed by atoms with E-state index in [-0.39, 0.29) is 23.9 Å². The molecule has 2 atom stereocenters. The SMILES string of the molecule is COCOCC[C@@H](CCO[Si](C)(C)C(C)(C)C)[C@@H](/C=C(\C)CC/C=C(\C)CCC=O)OCOC. The van der Waals surface area contributed by atoms with Crippen LogP contribution in [0, 0.1) is 5.92 Å². The Morgan fingerprint density at radius 2 is 1.53 bits per heavy atom. The van der Waals surface area contributed by atoms with E-state index in [1.165, 1.54) is 11.1 Å². The summed E-state index contributed by atoms with van der Waals surface area (Å²) in [6.45, 7) is 17.5. The van der Waals surface area contributed by atoms with Crippen LogP contribution in [0.5, 0.6) is 0 Å². The molecule has 0 heterocycles. The van der Waals surface area contributed by atoms with Crippen LogP contribution in [0.25, 0.3) is 0 Å². The van der Waals surface area contributed by atoms with Gasteiger partial charge in [0.1, 0.15) is 19.9 Å². The first-order chi connectivity index (χ1) is 16.0. The molecule has 0 fully saturated rings. The summed E-state index contributed by atoms with van der Waals surface area (Å²) in [7, 11) is 1.48. The second kappa shape index (κ2) is 18.4. The fourth-order valence-corrected chi connectivity index (χ4v) is 4.36. The lowest BCUT2D eigenvalue weighted by molar-refractivity contribution is -0.107. The van der Waals surface area contributed by atoms with Gasteiger partial charge >= 0.3 is 0 Å². The van der Waals surface area contributed by atoms with Crippen LogP contribution < -0.4 is 0 Å². The molecule has 0 N–H and O–H groups in total. The quantitative estimate of drug-likeness (QED) is 0.0612. The van der Waals surface area contributed by atoms with Crippen molar-refractivity contribution in [1.29, 1.82) is 0 Å². The second-order valence-electron chi connectivity index (χ2n) is 10.6. The molecule has 0 aliphatic carbocycles. The maximum Gasteiger partial charge on any atom is 0.191 e. The van der Waals surface area contributed by atoms with Gasteiger partial charge in [0, 0.05) is 33.9 Å². The molecule has 0 aromatic rings. The first-order valence-corrected chi connectivity index (χ1v) is 15.5. The van der Waals surface area contributed by atoms with E-state index < -0.39 is 8.32 Å². The van der Waals surface area contributed by atoms with E-state index in [2.05, 4.69) is 59.9 Å². The summed E-state index contributed by atoms with van der Waals surface area (Å²) >= 11 is 0. The molecule has 0 saturated carbocycles. The van der Waals surface area contributed by atoms with E-state index in [1.54, 1.807) is 14.2 Å². The zero-order valence-electron chi connectivity index (χ0n) is 23.4. The van der Waals surface area contributed by atoms with Gasteiger partial charge in [-0.15, -0.1) is 0 Å². The van der Waals surface area contributed by atoms with Crippen LogP contribution >= 0.6 is 0 Å². The summed E-state index contributed by atoms with van der Waals surface area (Å²) in [5, 5.41) is 0.184. The van der Waals surface area contributed by atoms with Crippen molar-refractivity contribution in [2.24, 2.45) is 5.92 Å². The summed E-state index contributed by atoms with van der Waals surface area (Å²) in [6.07, 6.45) is 10.5. The Bertz CT molecular complexity index is 594. The van der Waals surface area contributed by atoms with E-state index in [4.69, 9.17) is 23.4 Å². The van der Waals surface area contributed by atoms with Crippen LogP contribution in [0.3, 0.4) is 0 Å². The minimum atomic E-state index is -1.81. The van der Waals surface area contributed by atoms with Crippen LogP contribution in [0.4, 0.5) is 0 Å². The molecule has 0 rings (SSSR count). The minimum absolute atomic E-state index is 0.0748. The smallest absolute Gasteiger partial charge is 0.191 e. The molecule has 0 aromatic carbocycles. The van der Waals surface area contributed by atoms with E-state index in [9.17, 15) is 4.79 Å². The molecule has 0 aliphatic heterocycles. The summed E-state index contributed by atoms with van der Waals surface area (Å²) in [6, 6.07) is 0. The van der Waals surface area contributed by atoms with Gasteiger partial charge < -0.3 is 28.2 Å². The summed E-state index contributed by atoms with van der Waals surface area (Å²) in [5.74, 6) is 0.247. The molecule has 0 bridgehead atoms. The van der Waals surface area contributed by atoms with Gasteiger partial charge in [0.2, 0.25) is 0 Å². The third kappa shape index (κ3) is 15.2. The Balaban J connectivity index is 5.29. The lowest BCUT2D eigenvalue weighted by Gasteiger charge is -2.37. The highest BCUT2D eigenvalue weighted by atomic mass is 28.4. The number of methoxy groups -OCH3 is 2. The number of ether oxygens (including phenoxy) is 4. The summed E-state index contributed by atoms with van der Waals surface area (Å²) in [4.78, 5) is 10.6. The molecule has 0 unspecified atom stereocenters. The second-order valence-corrected chi connectivity index (χ2v) is 15.4. The van der Waals surface area contributed by atoms with E-state index in [0.29, 0.717) is 26.4 Å². The van der Waals surface area contributed by atoms with Crippen molar-refractivity contribution in [3.8, 4) is 0 Å². The molecule has 34 heavy (non-hydrogen) atoms. The maximum atomic E-state index is 10.6. The van der Waals surface area contributed by atoms with Crippen molar-refractivity contribution in [3.63, 3.8) is 0 Å². The van der Waals surface area contributed by atoms with Crippen molar-refractivity contribution < 1.29 is 28.2 Å². The summed E-state index contributed by atoms with van der Waals surface area (Å²) in [5.41, 5.74) is 2.55. The number of rotatable bonds is 20. The largest absolute Gasteiger partial charge is 0.417 e. The van der Waals surface area contributed by atoms with Crippen molar-refractivity contribution in [2.45, 2.75) is 97.4 Å². The topological polar surface area (TPSA) is 63.2 Å². The molecule has 0 spiro atoms. The van der Waals surface area contributed by atoms with E-state index >= 15 is 0 Å². The van der Waals surface area contributed by atoms with Crippen molar-refractivity contribution >= 4 is 14.6 Å². The molecule has 6 nitrogen and oxygen atoms in total. The number of aldehydes is 1. The van der Waals surface area contributed by atoms with Crippen molar-refractivity contribution in [2.75, 3.05) is 41.0 Å². The first-order valence-electron chi connectivity index (χ1n) is 12.6. The van der Waals surface area contributed by atoms with Crippen LogP contribution in [0.15, 0.2) is 23.3 Å². The zero-order valence-corrected chi connectivity index (χ0v) is 24.4. The van der Waals surface area contributed by atoms with Gasteiger partial charge in [0.25, 0.3) is 0 Å². The number of allylic oxidation sites excluding steroid dienone is 3. The Morgan fingerprint density at radius 3 is 2.12 bits per heavy atom. The number of carbonyl (C=O) groups is 1. The first kappa shape index (κ1) is 33.2. The van der Waals surface area contributed by atoms with E-state index in [1.807, 2.05) is 0 Å². The van der Waals surface area contributed by atoms with Crippen molar-refractivity contribution in [3.05, 3.63) is 23.3 Å². The molecule has 0 amide bonds. The van der Waals surface area contributed by atoms with Crippen LogP contribution in [-0.2, 0) is 28.2 Å². The number of carbonyl (C=O) groups excluding carboxylic acids is 1. The standard InChI is InChI=1S/C27H52O6Si/c1-23(14-11-17-28)12-10-13-24(2)20-26(32-22-30-7)25(15-18-31-21-29-6)16-19-33-34(8,9)27(3,4)5/h12,17,20,25-26H,10-11,13-16,18-19,21-22H2,1-9H3/b23-12+,24-20+/t25-,26+/m0/s1. The van der Waals surface area contributed by atoms with E-state index in [0.717, 1.165) is 38.4 Å². The normalized spacial score (nSPS) is 15.4. The van der Waals surface area contributed by atoms with Gasteiger partial charge in [-0.1, -0.05) is 44.1 Å². The third-order valence-electron chi connectivity index (χ3n) is 6.57. The molecular weight excluding hydrogens is 448 g/mol. The monoisotopic (exact) mass is 500 g/mol. The molecule has 0 aromatic heterocycles. The van der Waals surface area contributed by atoms with Gasteiger partial charge in [-0.2, -0.15) is 0 Å². The van der Waals surface area contributed by atoms with Gasteiger partial charge in [-0.25, -0.2) is 0 Å². The van der Waals surface area contributed by atoms with Crippen LogP contribution in [0.1, 0.15) is 73.1 Å². The Labute approximate surface area is 210 Å².